The molecule has 0 aliphatic rings. The van der Waals surface area contributed by atoms with Gasteiger partial charge in [-0.15, -0.1) is 0 Å². The Bertz CT molecular complexity index is 1270. The van der Waals surface area contributed by atoms with E-state index >= 15 is 0 Å². The highest BCUT2D eigenvalue weighted by Gasteiger charge is 2.23. The summed E-state index contributed by atoms with van der Waals surface area (Å²) in [5.41, 5.74) is 8.33. The number of benzene rings is 2. The number of hydrogen-bond acceptors (Lipinski definition) is 7. The number of unbranched alkanes of at least 4 members (excludes halogenated alkanes) is 1. The molecule has 0 spiro atoms. The van der Waals surface area contributed by atoms with Crippen LogP contribution in [0, 0.1) is 0 Å². The zero-order valence-electron chi connectivity index (χ0n) is 21.3. The van der Waals surface area contributed by atoms with Crippen molar-refractivity contribution in [2.75, 3.05) is 20.2 Å². The van der Waals surface area contributed by atoms with Gasteiger partial charge in [0.05, 0.1) is 30.6 Å². The average molecular weight is 524 g/mol. The van der Waals surface area contributed by atoms with Gasteiger partial charge < -0.3 is 30.8 Å². The summed E-state index contributed by atoms with van der Waals surface area (Å²) in [6.07, 6.45) is 1.62. The third kappa shape index (κ3) is 7.87. The number of carboxylic acid groups (broad SMARTS) is 1. The number of ether oxygens (including phenoxy) is 1. The van der Waals surface area contributed by atoms with Crippen LogP contribution < -0.4 is 16.4 Å². The van der Waals surface area contributed by atoms with E-state index in [2.05, 4.69) is 15.4 Å². The molecule has 1 aromatic heterocycles. The molecule has 2 amide bonds. The number of rotatable bonds is 14. The van der Waals surface area contributed by atoms with E-state index in [1.54, 1.807) is 18.2 Å². The van der Waals surface area contributed by atoms with Crippen molar-refractivity contribution < 1.29 is 29.0 Å². The maximum Gasteiger partial charge on any atom is 0.325 e. The van der Waals surface area contributed by atoms with Gasteiger partial charge in [0.2, 0.25) is 5.91 Å². The molecule has 0 radical (unpaired) electrons. The zero-order chi connectivity index (χ0) is 27.5. The van der Waals surface area contributed by atoms with Crippen molar-refractivity contribution in [3.05, 3.63) is 65.5 Å². The Hall–Kier alpha value is -4.25. The number of carbonyl (C=O) groups is 4. The summed E-state index contributed by atoms with van der Waals surface area (Å²) in [5.74, 6) is -1.84. The van der Waals surface area contributed by atoms with Gasteiger partial charge in [0.15, 0.2) is 0 Å². The topological polar surface area (TPSA) is 166 Å². The number of hydrogen-bond donors (Lipinski definition) is 4. The van der Waals surface area contributed by atoms with Crippen molar-refractivity contribution in [1.29, 1.82) is 0 Å². The highest BCUT2D eigenvalue weighted by atomic mass is 16.5. The number of nitrogens with one attached hydrogen (secondary N) is 2. The maximum atomic E-state index is 12.6. The smallest absolute Gasteiger partial charge is 0.325 e. The zero-order valence-corrected chi connectivity index (χ0v) is 21.3. The van der Waals surface area contributed by atoms with Gasteiger partial charge in [-0.2, -0.15) is 0 Å². The lowest BCUT2D eigenvalue weighted by Gasteiger charge is -2.20. The molecule has 0 fully saturated rings. The molecule has 1 atom stereocenters. The summed E-state index contributed by atoms with van der Waals surface area (Å²) in [6, 6.07) is 14.3. The number of aromatic nitrogens is 2. The second-order valence-corrected chi connectivity index (χ2v) is 8.80. The number of methoxy groups -OCH3 is 1. The first-order valence-electron chi connectivity index (χ1n) is 12.4. The molecule has 0 saturated carbocycles. The van der Waals surface area contributed by atoms with E-state index in [0.717, 1.165) is 23.9 Å². The minimum absolute atomic E-state index is 0.147. The highest BCUT2D eigenvalue weighted by molar-refractivity contribution is 5.98. The quantitative estimate of drug-likeness (QED) is 0.184. The molecule has 38 heavy (non-hydrogen) atoms. The molecule has 1 unspecified atom stereocenters. The minimum atomic E-state index is -1.05. The Balaban J connectivity index is 2.00. The maximum absolute atomic E-state index is 12.6. The van der Waals surface area contributed by atoms with Gasteiger partial charge in [0.1, 0.15) is 12.4 Å². The van der Waals surface area contributed by atoms with Crippen LogP contribution in [0.1, 0.15) is 59.9 Å². The summed E-state index contributed by atoms with van der Waals surface area (Å²) in [5, 5.41) is 14.4. The Morgan fingerprint density at radius 3 is 2.53 bits per heavy atom. The van der Waals surface area contributed by atoms with E-state index in [9.17, 15) is 19.2 Å². The van der Waals surface area contributed by atoms with E-state index in [1.165, 1.54) is 7.11 Å². The Kier molecular flexibility index (Phi) is 10.4. The predicted molar refractivity (Wildman–Crippen MR) is 140 cm³/mol. The standard InChI is InChI=1S/C27H33N5O6/c1-38-25(36)16-29-27(37)19-10-11-22-21(15-19)31-26(32(22)17-18-7-3-2-4-8-18)20(9-5-6-14-28)30-23(33)12-13-24(34)35/h2-4,7-8,10-11,15,20H,5-6,9,12-14,16-17,28H2,1H3,(H,29,37)(H,30,33)(H,34,35). The van der Waals surface area contributed by atoms with Crippen LogP contribution in [0.15, 0.2) is 48.5 Å². The fourth-order valence-corrected chi connectivity index (χ4v) is 4.06. The molecule has 0 aliphatic carbocycles. The molecule has 1 heterocycles. The molecule has 5 N–H and O–H groups in total. The van der Waals surface area contributed by atoms with E-state index < -0.39 is 23.9 Å². The number of fused-ring (bicyclic) bond motifs is 1. The number of aliphatic carboxylic acids is 1. The molecule has 0 bridgehead atoms. The summed E-state index contributed by atoms with van der Waals surface area (Å²) in [6.45, 7) is 0.718. The molecule has 202 valence electrons. The van der Waals surface area contributed by atoms with Crippen molar-refractivity contribution in [3.63, 3.8) is 0 Å². The average Bonchev–Trinajstić information content (AvgIpc) is 3.27. The molecule has 3 rings (SSSR count). The third-order valence-corrected chi connectivity index (χ3v) is 6.00. The second kappa shape index (κ2) is 13.9. The van der Waals surface area contributed by atoms with E-state index in [0.29, 0.717) is 36.4 Å². The highest BCUT2D eigenvalue weighted by Crippen LogP contribution is 2.27. The van der Waals surface area contributed by atoms with Crippen LogP contribution in [0.4, 0.5) is 0 Å². The number of imidazole rings is 1. The largest absolute Gasteiger partial charge is 0.481 e. The number of carboxylic acids is 1. The fraction of sp³-hybridized carbons (Fsp3) is 0.370. The molecular formula is C27H33N5O6. The first-order chi connectivity index (χ1) is 18.3. The second-order valence-electron chi connectivity index (χ2n) is 8.80. The Labute approximate surface area is 220 Å². The van der Waals surface area contributed by atoms with Crippen LogP contribution in [0.3, 0.4) is 0 Å². The number of nitrogens with two attached hydrogens (primary N) is 1. The van der Waals surface area contributed by atoms with Gasteiger partial charge in [0, 0.05) is 18.5 Å². The monoisotopic (exact) mass is 523 g/mol. The van der Waals surface area contributed by atoms with Crippen molar-refractivity contribution >= 4 is 34.8 Å². The number of amides is 2. The molecular weight excluding hydrogens is 490 g/mol. The van der Waals surface area contributed by atoms with Gasteiger partial charge in [-0.25, -0.2) is 4.98 Å². The Morgan fingerprint density at radius 1 is 1.08 bits per heavy atom. The van der Waals surface area contributed by atoms with Crippen molar-refractivity contribution in [2.45, 2.75) is 44.7 Å². The Morgan fingerprint density at radius 2 is 1.84 bits per heavy atom. The lowest BCUT2D eigenvalue weighted by atomic mass is 10.1. The predicted octanol–water partition coefficient (Wildman–Crippen LogP) is 2.14. The number of nitrogens with zero attached hydrogens (tertiary/aromatic N) is 2. The number of carbonyl (C=O) groups excluding carboxylic acids is 3. The minimum Gasteiger partial charge on any atom is -0.481 e. The lowest BCUT2D eigenvalue weighted by Crippen LogP contribution is -2.31. The summed E-state index contributed by atoms with van der Waals surface area (Å²) in [4.78, 5) is 52.4. The summed E-state index contributed by atoms with van der Waals surface area (Å²) >= 11 is 0. The van der Waals surface area contributed by atoms with Crippen molar-refractivity contribution in [3.8, 4) is 0 Å². The first-order valence-corrected chi connectivity index (χ1v) is 12.4. The molecule has 2 aromatic carbocycles. The molecule has 11 nitrogen and oxygen atoms in total. The summed E-state index contributed by atoms with van der Waals surface area (Å²) < 4.78 is 6.56. The fourth-order valence-electron chi connectivity index (χ4n) is 4.06. The van der Waals surface area contributed by atoms with Crippen LogP contribution in [-0.2, 0) is 25.7 Å². The van der Waals surface area contributed by atoms with Gasteiger partial charge in [-0.05, 0) is 49.6 Å². The third-order valence-electron chi connectivity index (χ3n) is 6.00. The van der Waals surface area contributed by atoms with Crippen LogP contribution in [0.5, 0.6) is 0 Å². The van der Waals surface area contributed by atoms with Crippen molar-refractivity contribution in [1.82, 2.24) is 20.2 Å². The van der Waals surface area contributed by atoms with Crippen LogP contribution in [-0.4, -0.2) is 58.6 Å². The normalized spacial score (nSPS) is 11.6. The van der Waals surface area contributed by atoms with Gasteiger partial charge in [0.25, 0.3) is 5.91 Å². The SMILES string of the molecule is COC(=O)CNC(=O)c1ccc2c(c1)nc(C(CCCCN)NC(=O)CCC(=O)O)n2Cc1ccccc1. The van der Waals surface area contributed by atoms with Crippen LogP contribution >= 0.6 is 0 Å². The molecule has 11 heteroatoms. The number of esters is 1. The van der Waals surface area contributed by atoms with E-state index in [-0.39, 0.29) is 25.3 Å². The lowest BCUT2D eigenvalue weighted by molar-refractivity contribution is -0.139. The van der Waals surface area contributed by atoms with E-state index in [1.807, 2.05) is 34.9 Å². The van der Waals surface area contributed by atoms with Crippen molar-refractivity contribution in [2.24, 2.45) is 5.73 Å². The molecule has 3 aromatic rings. The van der Waals surface area contributed by atoms with Gasteiger partial charge in [-0.1, -0.05) is 30.3 Å². The van der Waals surface area contributed by atoms with Gasteiger partial charge in [-0.3, -0.25) is 19.2 Å². The summed E-state index contributed by atoms with van der Waals surface area (Å²) in [7, 11) is 1.24. The van der Waals surface area contributed by atoms with E-state index in [4.69, 9.17) is 15.8 Å². The van der Waals surface area contributed by atoms with Gasteiger partial charge >= 0.3 is 11.9 Å². The molecule has 0 aliphatic heterocycles. The van der Waals surface area contributed by atoms with Crippen LogP contribution in [0.25, 0.3) is 11.0 Å². The van der Waals surface area contributed by atoms with Crippen LogP contribution in [0.2, 0.25) is 0 Å². The molecule has 0 saturated heterocycles. The first kappa shape index (κ1) is 28.3.